The van der Waals surface area contributed by atoms with Crippen LogP contribution in [-0.2, 0) is 6.42 Å². The summed E-state index contributed by atoms with van der Waals surface area (Å²) in [5.74, 6) is -0.0862. The smallest absolute Gasteiger partial charge is 0.126 e. The van der Waals surface area contributed by atoms with Crippen molar-refractivity contribution < 1.29 is 4.39 Å². The topological polar surface area (TPSA) is 12.0 Å². The van der Waals surface area contributed by atoms with Crippen LogP contribution in [0.25, 0.3) is 0 Å². The van der Waals surface area contributed by atoms with Crippen LogP contribution >= 0.6 is 0 Å². The number of hydrogen-bond acceptors (Lipinski definition) is 1. The van der Waals surface area contributed by atoms with Crippen LogP contribution < -0.4 is 5.32 Å². The lowest BCUT2D eigenvalue weighted by Gasteiger charge is -2.13. The fraction of sp³-hybridized carbons (Fsp3) is 0.500. The number of hydrogen-bond donors (Lipinski definition) is 1. The maximum atomic E-state index is 13.3. The normalized spacial score (nSPS) is 18.1. The Morgan fingerprint density at radius 3 is 2.79 bits per heavy atom. The minimum atomic E-state index is -0.0862. The molecular formula is C12H16FN. The molecule has 1 nitrogen and oxygen atoms in total. The van der Waals surface area contributed by atoms with Crippen molar-refractivity contribution in [1.82, 2.24) is 5.32 Å². The van der Waals surface area contributed by atoms with Gasteiger partial charge in [0.1, 0.15) is 5.82 Å². The first kappa shape index (κ1) is 9.66. The maximum Gasteiger partial charge on any atom is 0.126 e. The van der Waals surface area contributed by atoms with Crippen molar-refractivity contribution in [3.63, 3.8) is 0 Å². The van der Waals surface area contributed by atoms with Crippen LogP contribution in [0.15, 0.2) is 24.3 Å². The molecule has 0 heterocycles. The Balaban J connectivity index is 1.91. The zero-order valence-corrected chi connectivity index (χ0v) is 8.46. The van der Waals surface area contributed by atoms with Gasteiger partial charge in [0.05, 0.1) is 0 Å². The van der Waals surface area contributed by atoms with Gasteiger partial charge in [-0.3, -0.25) is 0 Å². The van der Waals surface area contributed by atoms with Crippen molar-refractivity contribution in [1.29, 1.82) is 0 Å². The van der Waals surface area contributed by atoms with Gasteiger partial charge >= 0.3 is 0 Å². The van der Waals surface area contributed by atoms with Crippen molar-refractivity contribution in [2.45, 2.75) is 38.3 Å². The highest BCUT2D eigenvalue weighted by Crippen LogP contribution is 2.20. The van der Waals surface area contributed by atoms with Gasteiger partial charge in [0.2, 0.25) is 0 Å². The lowest BCUT2D eigenvalue weighted by atomic mass is 10.1. The van der Waals surface area contributed by atoms with Gasteiger partial charge in [-0.2, -0.15) is 0 Å². The summed E-state index contributed by atoms with van der Waals surface area (Å²) in [6, 6.07) is 8.08. The Labute approximate surface area is 84.3 Å². The molecule has 1 saturated carbocycles. The van der Waals surface area contributed by atoms with Crippen molar-refractivity contribution in [2.24, 2.45) is 0 Å². The molecule has 14 heavy (non-hydrogen) atoms. The van der Waals surface area contributed by atoms with E-state index in [1.54, 1.807) is 6.07 Å². The van der Waals surface area contributed by atoms with E-state index in [2.05, 4.69) is 12.2 Å². The van der Waals surface area contributed by atoms with Crippen LogP contribution in [0.2, 0.25) is 0 Å². The predicted octanol–water partition coefficient (Wildman–Crippen LogP) is 2.51. The third-order valence-corrected chi connectivity index (χ3v) is 2.58. The summed E-state index contributed by atoms with van der Waals surface area (Å²) in [5, 5.41) is 3.46. The molecule has 1 N–H and O–H groups in total. The highest BCUT2D eigenvalue weighted by Gasteiger charge is 2.22. The van der Waals surface area contributed by atoms with E-state index >= 15 is 0 Å². The molecule has 1 atom stereocenters. The van der Waals surface area contributed by atoms with Gasteiger partial charge in [0.15, 0.2) is 0 Å². The minimum Gasteiger partial charge on any atom is -0.311 e. The molecule has 0 aromatic heterocycles. The number of benzene rings is 1. The zero-order valence-electron chi connectivity index (χ0n) is 8.46. The lowest BCUT2D eigenvalue weighted by molar-refractivity contribution is 0.524. The highest BCUT2D eigenvalue weighted by atomic mass is 19.1. The van der Waals surface area contributed by atoms with Gasteiger partial charge < -0.3 is 5.32 Å². The Bertz CT molecular complexity index is 307. The highest BCUT2D eigenvalue weighted by molar-refractivity contribution is 5.18. The van der Waals surface area contributed by atoms with E-state index in [4.69, 9.17) is 0 Å². The molecule has 0 radical (unpaired) electrons. The Morgan fingerprint density at radius 1 is 1.43 bits per heavy atom. The molecule has 1 fully saturated rings. The predicted molar refractivity (Wildman–Crippen MR) is 55.7 cm³/mol. The van der Waals surface area contributed by atoms with E-state index in [0.717, 1.165) is 12.0 Å². The van der Waals surface area contributed by atoms with E-state index in [1.165, 1.54) is 18.9 Å². The molecule has 2 heteroatoms. The summed E-state index contributed by atoms with van der Waals surface area (Å²) in [4.78, 5) is 0. The molecular weight excluding hydrogens is 177 g/mol. The van der Waals surface area contributed by atoms with E-state index < -0.39 is 0 Å². The second-order valence-corrected chi connectivity index (χ2v) is 4.14. The van der Waals surface area contributed by atoms with E-state index in [0.29, 0.717) is 12.1 Å². The molecule has 1 aliphatic rings. The van der Waals surface area contributed by atoms with Gasteiger partial charge in [-0.25, -0.2) is 4.39 Å². The third kappa shape index (κ3) is 2.55. The molecule has 0 spiro atoms. The van der Waals surface area contributed by atoms with Crippen molar-refractivity contribution in [3.05, 3.63) is 35.6 Å². The average Bonchev–Trinajstić information content (AvgIpc) is 2.93. The first-order valence-electron chi connectivity index (χ1n) is 5.25. The van der Waals surface area contributed by atoms with Crippen LogP contribution in [0.4, 0.5) is 4.39 Å². The molecule has 1 unspecified atom stereocenters. The Kier molecular flexibility index (Phi) is 2.82. The van der Waals surface area contributed by atoms with Gasteiger partial charge in [-0.15, -0.1) is 0 Å². The summed E-state index contributed by atoms with van der Waals surface area (Å²) < 4.78 is 13.3. The monoisotopic (exact) mass is 193 g/mol. The first-order chi connectivity index (χ1) is 6.75. The fourth-order valence-electron chi connectivity index (χ4n) is 1.71. The first-order valence-corrected chi connectivity index (χ1v) is 5.25. The van der Waals surface area contributed by atoms with Crippen molar-refractivity contribution in [2.75, 3.05) is 0 Å². The van der Waals surface area contributed by atoms with Crippen molar-refractivity contribution in [3.8, 4) is 0 Å². The Morgan fingerprint density at radius 2 is 2.14 bits per heavy atom. The summed E-state index contributed by atoms with van der Waals surface area (Å²) in [6.07, 6.45) is 3.34. The summed E-state index contributed by atoms with van der Waals surface area (Å²) >= 11 is 0. The van der Waals surface area contributed by atoms with E-state index in [-0.39, 0.29) is 5.82 Å². The molecule has 1 aliphatic carbocycles. The molecule has 0 amide bonds. The maximum absolute atomic E-state index is 13.3. The van der Waals surface area contributed by atoms with E-state index in [1.807, 2.05) is 12.1 Å². The fourth-order valence-corrected chi connectivity index (χ4v) is 1.71. The standard InChI is InChI=1S/C12H16FN/c1-9(14-11-6-7-11)8-10-4-2-3-5-12(10)13/h2-5,9,11,14H,6-8H2,1H3. The van der Waals surface area contributed by atoms with Crippen LogP contribution in [-0.4, -0.2) is 12.1 Å². The molecule has 1 aromatic rings. The second kappa shape index (κ2) is 4.09. The summed E-state index contributed by atoms with van der Waals surface area (Å²) in [5.41, 5.74) is 0.813. The SMILES string of the molecule is CC(Cc1ccccc1F)NC1CC1. The van der Waals surface area contributed by atoms with Gasteiger partial charge in [-0.05, 0) is 37.8 Å². The minimum absolute atomic E-state index is 0.0862. The van der Waals surface area contributed by atoms with Gasteiger partial charge in [-0.1, -0.05) is 18.2 Å². The number of halogens is 1. The van der Waals surface area contributed by atoms with Crippen LogP contribution in [0, 0.1) is 5.82 Å². The second-order valence-electron chi connectivity index (χ2n) is 4.14. The molecule has 76 valence electrons. The van der Waals surface area contributed by atoms with Gasteiger partial charge in [0.25, 0.3) is 0 Å². The number of nitrogens with one attached hydrogen (secondary N) is 1. The van der Waals surface area contributed by atoms with Crippen LogP contribution in [0.1, 0.15) is 25.3 Å². The lowest BCUT2D eigenvalue weighted by Crippen LogP contribution is -2.30. The quantitative estimate of drug-likeness (QED) is 0.774. The zero-order chi connectivity index (χ0) is 9.97. The Hall–Kier alpha value is -0.890. The molecule has 2 rings (SSSR count). The molecule has 0 aliphatic heterocycles. The largest absolute Gasteiger partial charge is 0.311 e. The van der Waals surface area contributed by atoms with Crippen molar-refractivity contribution >= 4 is 0 Å². The molecule has 0 saturated heterocycles. The van der Waals surface area contributed by atoms with Gasteiger partial charge in [0, 0.05) is 12.1 Å². The number of rotatable bonds is 4. The third-order valence-electron chi connectivity index (χ3n) is 2.58. The molecule has 1 aromatic carbocycles. The van der Waals surface area contributed by atoms with Crippen LogP contribution in [0.5, 0.6) is 0 Å². The van der Waals surface area contributed by atoms with Crippen LogP contribution in [0.3, 0.4) is 0 Å². The van der Waals surface area contributed by atoms with E-state index in [9.17, 15) is 4.39 Å². The summed E-state index contributed by atoms with van der Waals surface area (Å²) in [7, 11) is 0. The molecule has 0 bridgehead atoms. The summed E-state index contributed by atoms with van der Waals surface area (Å²) in [6.45, 7) is 2.12. The average molecular weight is 193 g/mol.